The molecule has 0 unspecified atom stereocenters. The van der Waals surface area contributed by atoms with Gasteiger partial charge in [-0.05, 0) is 43.7 Å². The van der Waals surface area contributed by atoms with Crippen molar-refractivity contribution in [1.29, 1.82) is 0 Å². The zero-order valence-electron chi connectivity index (χ0n) is 10.8. The van der Waals surface area contributed by atoms with Gasteiger partial charge in [0.1, 0.15) is 11.5 Å². The molecule has 3 N–H and O–H groups in total. The van der Waals surface area contributed by atoms with Crippen LogP contribution in [0.3, 0.4) is 0 Å². The molecule has 0 aliphatic rings. The van der Waals surface area contributed by atoms with E-state index in [-0.39, 0.29) is 17.1 Å². The van der Waals surface area contributed by atoms with Crippen LogP contribution in [0, 0.1) is 13.8 Å². The lowest BCUT2D eigenvalue weighted by molar-refractivity contribution is 0.102. The highest BCUT2D eigenvalue weighted by Crippen LogP contribution is 2.25. The number of hydrogen-bond acceptors (Lipinski definition) is 3. The highest BCUT2D eigenvalue weighted by molar-refractivity contribution is 6.06. The van der Waals surface area contributed by atoms with Crippen molar-refractivity contribution in [3.05, 3.63) is 53.1 Å². The van der Waals surface area contributed by atoms with Crippen LogP contribution in [0.2, 0.25) is 0 Å². The van der Waals surface area contributed by atoms with Crippen LogP contribution in [0.4, 0.5) is 5.69 Å². The van der Waals surface area contributed by atoms with Gasteiger partial charge in [0.05, 0.1) is 5.56 Å². The van der Waals surface area contributed by atoms with Gasteiger partial charge in [0.2, 0.25) is 0 Å². The average molecular weight is 257 g/mol. The molecule has 4 nitrogen and oxygen atoms in total. The van der Waals surface area contributed by atoms with Crippen LogP contribution in [0.25, 0.3) is 0 Å². The first kappa shape index (κ1) is 13.0. The Morgan fingerprint density at radius 3 is 2.47 bits per heavy atom. The largest absolute Gasteiger partial charge is 0.508 e. The Balaban J connectivity index is 2.28. The highest BCUT2D eigenvalue weighted by atomic mass is 16.3. The Bertz CT molecular complexity index is 635. The summed E-state index contributed by atoms with van der Waals surface area (Å²) in [6, 6.07) is 9.74. The van der Waals surface area contributed by atoms with Gasteiger partial charge >= 0.3 is 0 Å². The smallest absolute Gasteiger partial charge is 0.259 e. The summed E-state index contributed by atoms with van der Waals surface area (Å²) < 4.78 is 0. The molecule has 0 fully saturated rings. The molecule has 2 aromatic carbocycles. The summed E-state index contributed by atoms with van der Waals surface area (Å²) in [5.41, 5.74) is 2.18. The number of phenolic OH excluding ortho intramolecular Hbond substituents is 2. The zero-order chi connectivity index (χ0) is 14.0. The topological polar surface area (TPSA) is 69.6 Å². The number of phenols is 2. The number of benzene rings is 2. The summed E-state index contributed by atoms with van der Waals surface area (Å²) in [6.07, 6.45) is 0. The maximum Gasteiger partial charge on any atom is 0.259 e. The fourth-order valence-corrected chi connectivity index (χ4v) is 1.78. The van der Waals surface area contributed by atoms with Gasteiger partial charge in [0, 0.05) is 11.3 Å². The molecule has 0 bridgehead atoms. The Morgan fingerprint density at radius 2 is 1.79 bits per heavy atom. The first-order valence-corrected chi connectivity index (χ1v) is 5.88. The number of carbonyl (C=O) groups is 1. The number of carbonyl (C=O) groups excluding carboxylic acids is 1. The Kier molecular flexibility index (Phi) is 3.42. The molecular formula is C15H15NO3. The molecule has 0 aromatic heterocycles. The van der Waals surface area contributed by atoms with E-state index in [0.29, 0.717) is 11.3 Å². The van der Waals surface area contributed by atoms with E-state index in [1.165, 1.54) is 6.07 Å². The zero-order valence-corrected chi connectivity index (χ0v) is 10.8. The lowest BCUT2D eigenvalue weighted by Crippen LogP contribution is -2.13. The standard InChI is InChI=1S/C15H15NO3/c1-9-6-7-11(14(18)8-9)15(19)16-12-4-3-5-13(17)10(12)2/h3-8,17-18H,1-2H3,(H,16,19). The molecule has 19 heavy (non-hydrogen) atoms. The van der Waals surface area contributed by atoms with E-state index >= 15 is 0 Å². The predicted octanol–water partition coefficient (Wildman–Crippen LogP) is 2.97. The van der Waals surface area contributed by atoms with Crippen LogP contribution in [-0.2, 0) is 0 Å². The molecule has 4 heteroatoms. The third-order valence-electron chi connectivity index (χ3n) is 2.95. The first-order valence-electron chi connectivity index (χ1n) is 5.88. The minimum atomic E-state index is -0.411. The Hall–Kier alpha value is -2.49. The van der Waals surface area contributed by atoms with Gasteiger partial charge in [-0.25, -0.2) is 0 Å². The van der Waals surface area contributed by atoms with Crippen molar-refractivity contribution in [2.24, 2.45) is 0 Å². The molecule has 0 atom stereocenters. The van der Waals surface area contributed by atoms with Gasteiger partial charge < -0.3 is 15.5 Å². The molecule has 0 spiro atoms. The molecule has 0 saturated heterocycles. The number of rotatable bonds is 2. The normalized spacial score (nSPS) is 10.2. The minimum Gasteiger partial charge on any atom is -0.508 e. The lowest BCUT2D eigenvalue weighted by atomic mass is 10.1. The van der Waals surface area contributed by atoms with Gasteiger partial charge in [-0.15, -0.1) is 0 Å². The fourth-order valence-electron chi connectivity index (χ4n) is 1.78. The second-order valence-electron chi connectivity index (χ2n) is 4.42. The molecule has 0 aliphatic heterocycles. The Labute approximate surface area is 111 Å². The van der Waals surface area contributed by atoms with Crippen LogP contribution < -0.4 is 5.32 Å². The van der Waals surface area contributed by atoms with Crippen molar-refractivity contribution in [3.63, 3.8) is 0 Å². The van der Waals surface area contributed by atoms with Gasteiger partial charge in [-0.2, -0.15) is 0 Å². The molecule has 0 radical (unpaired) electrons. The molecule has 0 aliphatic carbocycles. The molecule has 1 amide bonds. The number of amides is 1. The van der Waals surface area contributed by atoms with Crippen molar-refractivity contribution < 1.29 is 15.0 Å². The monoisotopic (exact) mass is 257 g/mol. The van der Waals surface area contributed by atoms with E-state index in [2.05, 4.69) is 5.32 Å². The van der Waals surface area contributed by atoms with Crippen LogP contribution in [-0.4, -0.2) is 16.1 Å². The summed E-state index contributed by atoms with van der Waals surface area (Å²) in [7, 11) is 0. The molecular weight excluding hydrogens is 242 g/mol. The minimum absolute atomic E-state index is 0.0599. The highest BCUT2D eigenvalue weighted by Gasteiger charge is 2.13. The van der Waals surface area contributed by atoms with E-state index in [1.807, 2.05) is 6.92 Å². The van der Waals surface area contributed by atoms with Crippen molar-refractivity contribution >= 4 is 11.6 Å². The summed E-state index contributed by atoms with van der Waals surface area (Å²) in [4.78, 5) is 12.1. The van der Waals surface area contributed by atoms with Crippen LogP contribution in [0.15, 0.2) is 36.4 Å². The third kappa shape index (κ3) is 2.68. The SMILES string of the molecule is Cc1ccc(C(=O)Nc2cccc(O)c2C)c(O)c1. The summed E-state index contributed by atoms with van der Waals surface area (Å²) in [6.45, 7) is 3.54. The average Bonchev–Trinajstić information content (AvgIpc) is 2.34. The van der Waals surface area contributed by atoms with E-state index < -0.39 is 5.91 Å². The van der Waals surface area contributed by atoms with E-state index in [1.54, 1.807) is 37.3 Å². The van der Waals surface area contributed by atoms with Crippen LogP contribution >= 0.6 is 0 Å². The number of aromatic hydroxyl groups is 2. The summed E-state index contributed by atoms with van der Waals surface area (Å²) >= 11 is 0. The number of nitrogens with one attached hydrogen (secondary N) is 1. The third-order valence-corrected chi connectivity index (χ3v) is 2.95. The van der Waals surface area contributed by atoms with Crippen molar-refractivity contribution in [2.45, 2.75) is 13.8 Å². The Morgan fingerprint density at radius 1 is 1.05 bits per heavy atom. The van der Waals surface area contributed by atoms with Gasteiger partial charge in [0.25, 0.3) is 5.91 Å². The van der Waals surface area contributed by atoms with Crippen molar-refractivity contribution in [1.82, 2.24) is 0 Å². The van der Waals surface area contributed by atoms with Crippen molar-refractivity contribution in [3.8, 4) is 11.5 Å². The van der Waals surface area contributed by atoms with Crippen LogP contribution in [0.5, 0.6) is 11.5 Å². The fraction of sp³-hybridized carbons (Fsp3) is 0.133. The quantitative estimate of drug-likeness (QED) is 0.774. The number of anilines is 1. The second kappa shape index (κ2) is 5.02. The van der Waals surface area contributed by atoms with E-state index in [9.17, 15) is 15.0 Å². The first-order chi connectivity index (χ1) is 8.99. The van der Waals surface area contributed by atoms with Gasteiger partial charge in [-0.1, -0.05) is 12.1 Å². The molecule has 98 valence electrons. The number of hydrogen-bond donors (Lipinski definition) is 3. The maximum atomic E-state index is 12.1. The second-order valence-corrected chi connectivity index (χ2v) is 4.42. The molecule has 0 saturated carbocycles. The number of aryl methyl sites for hydroxylation is 1. The molecule has 0 heterocycles. The summed E-state index contributed by atoms with van der Waals surface area (Å²) in [5.74, 6) is -0.354. The predicted molar refractivity (Wildman–Crippen MR) is 73.6 cm³/mol. The van der Waals surface area contributed by atoms with Gasteiger partial charge in [0.15, 0.2) is 0 Å². The summed E-state index contributed by atoms with van der Waals surface area (Å²) in [5, 5.41) is 22.0. The maximum absolute atomic E-state index is 12.1. The molecule has 2 rings (SSSR count). The van der Waals surface area contributed by atoms with Crippen molar-refractivity contribution in [2.75, 3.05) is 5.32 Å². The van der Waals surface area contributed by atoms with Gasteiger partial charge in [-0.3, -0.25) is 4.79 Å². The van der Waals surface area contributed by atoms with E-state index in [4.69, 9.17) is 0 Å². The molecule has 2 aromatic rings. The lowest BCUT2D eigenvalue weighted by Gasteiger charge is -2.10. The van der Waals surface area contributed by atoms with Crippen LogP contribution in [0.1, 0.15) is 21.5 Å². The van der Waals surface area contributed by atoms with E-state index in [0.717, 1.165) is 5.56 Å².